The number of ether oxygens (including phenoxy) is 1. The molecule has 0 aliphatic heterocycles. The van der Waals surface area contributed by atoms with Gasteiger partial charge in [0, 0.05) is 12.6 Å². The van der Waals surface area contributed by atoms with Gasteiger partial charge >= 0.3 is 6.36 Å². The van der Waals surface area contributed by atoms with Gasteiger partial charge in [0.1, 0.15) is 5.75 Å². The lowest BCUT2D eigenvalue weighted by atomic mass is 10.1. The lowest BCUT2D eigenvalue weighted by Gasteiger charge is -2.26. The van der Waals surface area contributed by atoms with Gasteiger partial charge in [0.05, 0.1) is 0 Å². The van der Waals surface area contributed by atoms with Crippen LogP contribution in [0.5, 0.6) is 5.75 Å². The zero-order valence-electron chi connectivity index (χ0n) is 11.5. The minimum Gasteiger partial charge on any atom is -0.406 e. The largest absolute Gasteiger partial charge is 0.573 e. The van der Waals surface area contributed by atoms with E-state index in [1.807, 2.05) is 0 Å². The molecule has 0 atom stereocenters. The summed E-state index contributed by atoms with van der Waals surface area (Å²) in [7, 11) is 0. The van der Waals surface area contributed by atoms with E-state index in [4.69, 9.17) is 0 Å². The lowest BCUT2D eigenvalue weighted by Crippen LogP contribution is -2.30. The van der Waals surface area contributed by atoms with Crippen molar-refractivity contribution in [2.24, 2.45) is 0 Å². The van der Waals surface area contributed by atoms with Crippen molar-refractivity contribution in [3.8, 4) is 5.75 Å². The monoisotopic (exact) mass is 275 g/mol. The molecule has 0 aliphatic carbocycles. The summed E-state index contributed by atoms with van der Waals surface area (Å²) >= 11 is 0. The van der Waals surface area contributed by atoms with Crippen molar-refractivity contribution in [2.75, 3.05) is 6.54 Å². The van der Waals surface area contributed by atoms with Crippen LogP contribution in [0.15, 0.2) is 24.3 Å². The number of rotatable bonds is 6. The predicted octanol–water partition coefficient (Wildman–Crippen LogP) is 4.21. The van der Waals surface area contributed by atoms with E-state index in [0.29, 0.717) is 6.04 Å². The number of hydrogen-bond donors (Lipinski definition) is 0. The Morgan fingerprint density at radius 2 is 1.74 bits per heavy atom. The molecule has 108 valence electrons. The molecule has 2 nitrogen and oxygen atoms in total. The quantitative estimate of drug-likeness (QED) is 0.771. The van der Waals surface area contributed by atoms with E-state index in [-0.39, 0.29) is 5.75 Å². The fourth-order valence-electron chi connectivity index (χ4n) is 1.84. The van der Waals surface area contributed by atoms with Crippen molar-refractivity contribution < 1.29 is 17.9 Å². The summed E-state index contributed by atoms with van der Waals surface area (Å²) in [6.45, 7) is 8.03. The second-order valence-electron chi connectivity index (χ2n) is 4.76. The van der Waals surface area contributed by atoms with Gasteiger partial charge in [-0.15, -0.1) is 13.2 Å². The maximum Gasteiger partial charge on any atom is 0.573 e. The average molecular weight is 275 g/mol. The topological polar surface area (TPSA) is 12.5 Å². The smallest absolute Gasteiger partial charge is 0.406 e. The first-order valence-electron chi connectivity index (χ1n) is 6.40. The summed E-state index contributed by atoms with van der Waals surface area (Å²) in [5.74, 6) is -0.178. The molecule has 0 spiro atoms. The molecule has 0 aromatic heterocycles. The molecule has 5 heteroatoms. The van der Waals surface area contributed by atoms with Crippen LogP contribution in [0.1, 0.15) is 32.8 Å². The van der Waals surface area contributed by atoms with Crippen molar-refractivity contribution in [1.82, 2.24) is 4.90 Å². The molecular weight excluding hydrogens is 255 g/mol. The molecule has 0 amide bonds. The predicted molar refractivity (Wildman–Crippen MR) is 69.0 cm³/mol. The van der Waals surface area contributed by atoms with Gasteiger partial charge < -0.3 is 4.74 Å². The number of nitrogens with zero attached hydrogens (tertiary/aromatic N) is 1. The molecule has 0 unspecified atom stereocenters. The highest BCUT2D eigenvalue weighted by atomic mass is 19.4. The van der Waals surface area contributed by atoms with Crippen LogP contribution in [0, 0.1) is 0 Å². The van der Waals surface area contributed by atoms with Crippen LogP contribution in [0.2, 0.25) is 0 Å². The number of alkyl halides is 3. The van der Waals surface area contributed by atoms with Gasteiger partial charge in [0.15, 0.2) is 0 Å². The summed E-state index contributed by atoms with van der Waals surface area (Å²) in [6, 6.07) is 6.46. The second kappa shape index (κ2) is 6.80. The van der Waals surface area contributed by atoms with E-state index in [9.17, 15) is 13.2 Å². The Morgan fingerprint density at radius 3 is 2.16 bits per heavy atom. The first-order chi connectivity index (χ1) is 8.81. The molecule has 0 fully saturated rings. The Bertz CT molecular complexity index is 373. The average Bonchev–Trinajstić information content (AvgIpc) is 2.29. The Kier molecular flexibility index (Phi) is 5.66. The molecule has 0 bridgehead atoms. The summed E-state index contributed by atoms with van der Waals surface area (Å²) in [4.78, 5) is 2.28. The van der Waals surface area contributed by atoms with Crippen LogP contribution in [0.3, 0.4) is 0 Å². The van der Waals surface area contributed by atoms with E-state index in [2.05, 4.69) is 30.4 Å². The Morgan fingerprint density at radius 1 is 1.16 bits per heavy atom. The Balaban J connectivity index is 2.65. The molecule has 0 heterocycles. The van der Waals surface area contributed by atoms with Crippen LogP contribution >= 0.6 is 0 Å². The van der Waals surface area contributed by atoms with Crippen molar-refractivity contribution in [2.45, 2.75) is 46.1 Å². The summed E-state index contributed by atoms with van der Waals surface area (Å²) in [6.07, 6.45) is -3.58. The zero-order valence-corrected chi connectivity index (χ0v) is 11.5. The first-order valence-corrected chi connectivity index (χ1v) is 6.40. The maximum atomic E-state index is 12.0. The third kappa shape index (κ3) is 5.96. The molecule has 1 aromatic carbocycles. The van der Waals surface area contributed by atoms with Gasteiger partial charge in [-0.05, 0) is 44.5 Å². The summed E-state index contributed by atoms with van der Waals surface area (Å²) in [5.41, 5.74) is 0.983. The number of benzene rings is 1. The standard InChI is InChI=1S/C14H20F3NO/c1-4-9-18(11(2)3)10-12-5-7-13(8-6-12)19-14(15,16)17/h5-8,11H,4,9-10H2,1-3H3. The third-order valence-electron chi connectivity index (χ3n) is 2.78. The highest BCUT2D eigenvalue weighted by Gasteiger charge is 2.30. The normalized spacial score (nSPS) is 12.2. The maximum absolute atomic E-state index is 12.0. The molecule has 19 heavy (non-hydrogen) atoms. The van der Waals surface area contributed by atoms with Crippen LogP contribution in [-0.2, 0) is 6.54 Å². The van der Waals surface area contributed by atoms with Crippen molar-refractivity contribution in [1.29, 1.82) is 0 Å². The minimum absolute atomic E-state index is 0.178. The molecule has 0 aliphatic rings. The van der Waals surface area contributed by atoms with Gasteiger partial charge in [-0.25, -0.2) is 0 Å². The SMILES string of the molecule is CCCN(Cc1ccc(OC(F)(F)F)cc1)C(C)C. The van der Waals surface area contributed by atoms with Crippen LogP contribution in [0.25, 0.3) is 0 Å². The van der Waals surface area contributed by atoms with Gasteiger partial charge in [-0.2, -0.15) is 0 Å². The van der Waals surface area contributed by atoms with Crippen LogP contribution < -0.4 is 4.74 Å². The van der Waals surface area contributed by atoms with Crippen molar-refractivity contribution >= 4 is 0 Å². The Hall–Kier alpha value is -1.23. The summed E-state index contributed by atoms with van der Waals surface area (Å²) < 4.78 is 39.9. The third-order valence-corrected chi connectivity index (χ3v) is 2.78. The fraction of sp³-hybridized carbons (Fsp3) is 0.571. The second-order valence-corrected chi connectivity index (χ2v) is 4.76. The van der Waals surface area contributed by atoms with Gasteiger partial charge in [0.25, 0.3) is 0 Å². The molecule has 1 rings (SSSR count). The van der Waals surface area contributed by atoms with Gasteiger partial charge in [0.2, 0.25) is 0 Å². The van der Waals surface area contributed by atoms with Gasteiger partial charge in [-0.3, -0.25) is 4.90 Å². The molecule has 0 radical (unpaired) electrons. The fourth-order valence-corrected chi connectivity index (χ4v) is 1.84. The highest BCUT2D eigenvalue weighted by molar-refractivity contribution is 5.27. The number of hydrogen-bond acceptors (Lipinski definition) is 2. The van der Waals surface area contributed by atoms with Gasteiger partial charge in [-0.1, -0.05) is 19.1 Å². The van der Waals surface area contributed by atoms with Crippen LogP contribution in [0.4, 0.5) is 13.2 Å². The van der Waals surface area contributed by atoms with E-state index < -0.39 is 6.36 Å². The number of halogens is 3. The first kappa shape index (κ1) is 15.8. The molecule has 0 N–H and O–H groups in total. The lowest BCUT2D eigenvalue weighted by molar-refractivity contribution is -0.274. The van der Waals surface area contributed by atoms with E-state index in [0.717, 1.165) is 25.1 Å². The summed E-state index contributed by atoms with van der Waals surface area (Å²) in [5, 5.41) is 0. The van der Waals surface area contributed by atoms with Crippen LogP contribution in [-0.4, -0.2) is 23.8 Å². The minimum atomic E-state index is -4.63. The van der Waals surface area contributed by atoms with E-state index in [1.54, 1.807) is 12.1 Å². The zero-order chi connectivity index (χ0) is 14.5. The molecule has 0 saturated carbocycles. The molecule has 0 saturated heterocycles. The van der Waals surface area contributed by atoms with E-state index in [1.165, 1.54) is 12.1 Å². The molecular formula is C14H20F3NO. The van der Waals surface area contributed by atoms with Crippen molar-refractivity contribution in [3.63, 3.8) is 0 Å². The Labute approximate surface area is 112 Å². The highest BCUT2D eigenvalue weighted by Crippen LogP contribution is 2.23. The molecule has 1 aromatic rings. The van der Waals surface area contributed by atoms with Crippen molar-refractivity contribution in [3.05, 3.63) is 29.8 Å². The van der Waals surface area contributed by atoms with E-state index >= 15 is 0 Å².